The van der Waals surface area contributed by atoms with Gasteiger partial charge in [0.25, 0.3) is 5.91 Å². The van der Waals surface area contributed by atoms with Gasteiger partial charge in [-0.3, -0.25) is 4.79 Å². The summed E-state index contributed by atoms with van der Waals surface area (Å²) in [5.74, 6) is 1.10. The molecule has 3 aromatic rings. The number of rotatable bonds is 3. The van der Waals surface area contributed by atoms with Crippen LogP contribution in [0.25, 0.3) is 0 Å². The summed E-state index contributed by atoms with van der Waals surface area (Å²) >= 11 is 6.08. The van der Waals surface area contributed by atoms with E-state index in [0.717, 1.165) is 24.6 Å². The van der Waals surface area contributed by atoms with Crippen molar-refractivity contribution < 1.29 is 9.90 Å². The Morgan fingerprint density at radius 1 is 1.12 bits per heavy atom. The van der Waals surface area contributed by atoms with Crippen LogP contribution in [-0.2, 0) is 6.54 Å². The lowest BCUT2D eigenvalue weighted by molar-refractivity contribution is 0.102. The minimum atomic E-state index is -0.318. The van der Waals surface area contributed by atoms with Crippen LogP contribution in [0, 0.1) is 0 Å². The molecule has 0 bridgehead atoms. The van der Waals surface area contributed by atoms with Crippen LogP contribution in [0.2, 0.25) is 5.02 Å². The molecular weight excluding hydrogens is 340 g/mol. The van der Waals surface area contributed by atoms with Gasteiger partial charge in [0.1, 0.15) is 11.6 Å². The zero-order valence-electron chi connectivity index (χ0n) is 13.2. The van der Waals surface area contributed by atoms with E-state index >= 15 is 0 Å². The van der Waals surface area contributed by atoms with Crippen LogP contribution in [0.4, 0.5) is 17.3 Å². The van der Waals surface area contributed by atoms with Gasteiger partial charge in [0.2, 0.25) is 0 Å². The Bertz CT molecular complexity index is 954. The van der Waals surface area contributed by atoms with E-state index in [2.05, 4.69) is 15.3 Å². The third-order valence-corrected chi connectivity index (χ3v) is 4.28. The van der Waals surface area contributed by atoms with E-state index in [4.69, 9.17) is 11.6 Å². The number of phenolic OH excluding ortho intramolecular Hbond substituents is 1. The zero-order valence-corrected chi connectivity index (χ0v) is 13.9. The first-order valence-corrected chi connectivity index (χ1v) is 8.19. The predicted molar refractivity (Wildman–Crippen MR) is 96.7 cm³/mol. The largest absolute Gasteiger partial charge is 0.508 e. The van der Waals surface area contributed by atoms with Crippen LogP contribution in [0.5, 0.6) is 5.75 Å². The van der Waals surface area contributed by atoms with Crippen LogP contribution < -0.4 is 10.2 Å². The van der Waals surface area contributed by atoms with E-state index in [1.54, 1.807) is 12.1 Å². The van der Waals surface area contributed by atoms with Crippen molar-refractivity contribution in [2.75, 3.05) is 16.8 Å². The molecule has 4 rings (SSSR count). The summed E-state index contributed by atoms with van der Waals surface area (Å²) in [6.45, 7) is 1.52. The van der Waals surface area contributed by atoms with Gasteiger partial charge in [-0.1, -0.05) is 23.7 Å². The summed E-state index contributed by atoms with van der Waals surface area (Å²) in [6.07, 6.45) is 0. The number of aromatic hydroxyl groups is 1. The average Bonchev–Trinajstić information content (AvgIpc) is 3.14. The fourth-order valence-electron chi connectivity index (χ4n) is 2.90. The summed E-state index contributed by atoms with van der Waals surface area (Å²) < 4.78 is 1.85. The Morgan fingerprint density at radius 3 is 2.76 bits per heavy atom. The van der Waals surface area contributed by atoms with Gasteiger partial charge in [0, 0.05) is 28.9 Å². The van der Waals surface area contributed by atoms with Crippen LogP contribution in [0.15, 0.2) is 54.6 Å². The van der Waals surface area contributed by atoms with Gasteiger partial charge in [-0.15, -0.1) is 0 Å². The van der Waals surface area contributed by atoms with E-state index in [1.807, 2.05) is 35.0 Å². The molecule has 0 aliphatic carbocycles. The average molecular weight is 355 g/mol. The number of benzene rings is 2. The Kier molecular flexibility index (Phi) is 3.82. The number of aromatic nitrogens is 2. The van der Waals surface area contributed by atoms with E-state index in [1.165, 1.54) is 12.1 Å². The Balaban J connectivity index is 1.57. The monoisotopic (exact) mass is 354 g/mol. The molecule has 2 aromatic carbocycles. The van der Waals surface area contributed by atoms with Gasteiger partial charge < -0.3 is 15.3 Å². The van der Waals surface area contributed by atoms with Crippen LogP contribution in [-0.4, -0.2) is 27.3 Å². The number of amides is 1. The number of carbonyl (C=O) groups is 1. The molecule has 1 aliphatic rings. The second-order valence-electron chi connectivity index (χ2n) is 5.75. The maximum atomic E-state index is 12.3. The summed E-state index contributed by atoms with van der Waals surface area (Å²) in [5.41, 5.74) is 1.36. The summed E-state index contributed by atoms with van der Waals surface area (Å²) in [5, 5.41) is 17.4. The van der Waals surface area contributed by atoms with Gasteiger partial charge in [0.05, 0.1) is 6.54 Å². The lowest BCUT2D eigenvalue weighted by atomic mass is 10.2. The van der Waals surface area contributed by atoms with Crippen molar-refractivity contribution in [1.29, 1.82) is 0 Å². The number of phenols is 1. The number of anilines is 3. The summed E-state index contributed by atoms with van der Waals surface area (Å²) in [4.78, 5) is 14.4. The molecule has 0 spiro atoms. The Labute approximate surface area is 149 Å². The Morgan fingerprint density at radius 2 is 1.96 bits per heavy atom. The van der Waals surface area contributed by atoms with Crippen molar-refractivity contribution >= 4 is 34.8 Å². The summed E-state index contributed by atoms with van der Waals surface area (Å²) in [7, 11) is 0. The van der Waals surface area contributed by atoms with E-state index in [9.17, 15) is 9.90 Å². The molecule has 0 saturated heterocycles. The molecule has 1 amide bonds. The first kappa shape index (κ1) is 15.5. The molecule has 2 N–H and O–H groups in total. The topological polar surface area (TPSA) is 70.4 Å². The second kappa shape index (κ2) is 6.14. The van der Waals surface area contributed by atoms with Gasteiger partial charge in [-0.2, -0.15) is 5.10 Å². The van der Waals surface area contributed by atoms with Crippen molar-refractivity contribution in [3.8, 4) is 5.75 Å². The number of halogens is 1. The SMILES string of the molecule is O=C(Nc1cc2n(n1)CCN2c1cccc(Cl)c1)c1cccc(O)c1. The lowest BCUT2D eigenvalue weighted by Gasteiger charge is -2.17. The zero-order chi connectivity index (χ0) is 17.4. The van der Waals surface area contributed by atoms with Gasteiger partial charge in [0.15, 0.2) is 5.82 Å². The van der Waals surface area contributed by atoms with Gasteiger partial charge in [-0.25, -0.2) is 4.68 Å². The number of fused-ring (bicyclic) bond motifs is 1. The van der Waals surface area contributed by atoms with Gasteiger partial charge in [-0.05, 0) is 36.4 Å². The van der Waals surface area contributed by atoms with Gasteiger partial charge >= 0.3 is 0 Å². The van der Waals surface area contributed by atoms with E-state index in [0.29, 0.717) is 16.4 Å². The molecule has 126 valence electrons. The summed E-state index contributed by atoms with van der Waals surface area (Å²) in [6, 6.07) is 15.6. The maximum Gasteiger partial charge on any atom is 0.256 e. The van der Waals surface area contributed by atoms with Crippen LogP contribution in [0.1, 0.15) is 10.4 Å². The number of carbonyl (C=O) groups excluding carboxylic acids is 1. The maximum absolute atomic E-state index is 12.3. The molecule has 0 unspecified atom stereocenters. The molecular formula is C18H15ClN4O2. The third-order valence-electron chi connectivity index (χ3n) is 4.04. The number of nitrogens with zero attached hydrogens (tertiary/aromatic N) is 3. The molecule has 1 aromatic heterocycles. The van der Waals surface area contributed by atoms with Crippen LogP contribution >= 0.6 is 11.6 Å². The standard InChI is InChI=1S/C18H15ClN4O2/c19-13-4-2-5-14(10-13)22-7-8-23-17(22)11-16(21-23)20-18(25)12-3-1-6-15(24)9-12/h1-6,9-11,24H,7-8H2,(H,20,21,25). The van der Waals surface area contributed by atoms with Crippen LogP contribution in [0.3, 0.4) is 0 Å². The van der Waals surface area contributed by atoms with Crippen molar-refractivity contribution in [1.82, 2.24) is 9.78 Å². The second-order valence-corrected chi connectivity index (χ2v) is 6.18. The highest BCUT2D eigenvalue weighted by atomic mass is 35.5. The molecule has 1 aliphatic heterocycles. The minimum Gasteiger partial charge on any atom is -0.508 e. The lowest BCUT2D eigenvalue weighted by Crippen LogP contribution is -2.14. The molecule has 2 heterocycles. The fourth-order valence-corrected chi connectivity index (χ4v) is 3.08. The highest BCUT2D eigenvalue weighted by molar-refractivity contribution is 6.30. The fraction of sp³-hybridized carbons (Fsp3) is 0.111. The van der Waals surface area contributed by atoms with Crippen molar-refractivity contribution in [2.24, 2.45) is 0 Å². The molecule has 25 heavy (non-hydrogen) atoms. The highest BCUT2D eigenvalue weighted by Crippen LogP contribution is 2.33. The molecule has 0 radical (unpaired) electrons. The molecule has 0 saturated carbocycles. The third kappa shape index (κ3) is 3.04. The first-order chi connectivity index (χ1) is 12.1. The molecule has 6 nitrogen and oxygen atoms in total. The number of hydrogen-bond donors (Lipinski definition) is 2. The molecule has 0 atom stereocenters. The minimum absolute atomic E-state index is 0.0483. The first-order valence-electron chi connectivity index (χ1n) is 7.81. The van der Waals surface area contributed by atoms with E-state index < -0.39 is 0 Å². The quantitative estimate of drug-likeness (QED) is 0.753. The normalized spacial score (nSPS) is 12.9. The number of hydrogen-bond acceptors (Lipinski definition) is 4. The van der Waals surface area contributed by atoms with Crippen molar-refractivity contribution in [3.05, 3.63) is 65.2 Å². The Hall–Kier alpha value is -2.99. The number of nitrogens with one attached hydrogen (secondary N) is 1. The van der Waals surface area contributed by atoms with Crippen molar-refractivity contribution in [2.45, 2.75) is 6.54 Å². The predicted octanol–water partition coefficient (Wildman–Crippen LogP) is 3.65. The molecule has 0 fully saturated rings. The van der Waals surface area contributed by atoms with E-state index in [-0.39, 0.29) is 11.7 Å². The molecule has 7 heteroatoms. The highest BCUT2D eigenvalue weighted by Gasteiger charge is 2.23. The van der Waals surface area contributed by atoms with Crippen molar-refractivity contribution in [3.63, 3.8) is 0 Å². The smallest absolute Gasteiger partial charge is 0.256 e.